The standard InChI is InChI=1S/C13H18N4S/c1-3-8-17-9-14-16-13(17)11-6-4-5-7-12(11)15-10(2)18/h4-7,9-10,15,18H,3,8H2,1-2H3. The van der Waals surface area contributed by atoms with Crippen molar-refractivity contribution in [3.8, 4) is 11.4 Å². The smallest absolute Gasteiger partial charge is 0.165 e. The molecule has 1 aromatic carbocycles. The molecule has 96 valence electrons. The third kappa shape index (κ3) is 2.85. The van der Waals surface area contributed by atoms with Crippen LogP contribution in [-0.4, -0.2) is 20.1 Å². The van der Waals surface area contributed by atoms with E-state index in [1.54, 1.807) is 6.33 Å². The summed E-state index contributed by atoms with van der Waals surface area (Å²) < 4.78 is 2.07. The van der Waals surface area contributed by atoms with Crippen LogP contribution in [0.15, 0.2) is 30.6 Å². The van der Waals surface area contributed by atoms with E-state index in [2.05, 4.69) is 45.7 Å². The summed E-state index contributed by atoms with van der Waals surface area (Å²) in [5.74, 6) is 0.897. The first-order valence-corrected chi connectivity index (χ1v) is 6.65. The molecule has 0 radical (unpaired) electrons. The fraction of sp³-hybridized carbons (Fsp3) is 0.385. The Balaban J connectivity index is 2.40. The highest BCUT2D eigenvalue weighted by Gasteiger charge is 2.11. The third-order valence-corrected chi connectivity index (χ3v) is 2.74. The van der Waals surface area contributed by atoms with Crippen LogP contribution in [0, 0.1) is 0 Å². The number of thiol groups is 1. The Hall–Kier alpha value is -1.49. The Morgan fingerprint density at radius 3 is 2.89 bits per heavy atom. The molecule has 2 rings (SSSR count). The molecule has 2 aromatic rings. The number of nitrogens with one attached hydrogen (secondary N) is 1. The highest BCUT2D eigenvalue weighted by molar-refractivity contribution is 7.81. The Labute approximate surface area is 113 Å². The molecule has 0 bridgehead atoms. The van der Waals surface area contributed by atoms with Gasteiger partial charge in [0.15, 0.2) is 5.82 Å². The minimum absolute atomic E-state index is 0.0914. The summed E-state index contributed by atoms with van der Waals surface area (Å²) in [6, 6.07) is 8.10. The van der Waals surface area contributed by atoms with E-state index in [0.29, 0.717) is 0 Å². The van der Waals surface area contributed by atoms with Crippen molar-refractivity contribution in [2.24, 2.45) is 0 Å². The van der Waals surface area contributed by atoms with E-state index in [9.17, 15) is 0 Å². The average molecular weight is 262 g/mol. The monoisotopic (exact) mass is 262 g/mol. The van der Waals surface area contributed by atoms with Gasteiger partial charge in [-0.1, -0.05) is 19.1 Å². The molecule has 1 aromatic heterocycles. The number of aromatic nitrogens is 3. The first kappa shape index (κ1) is 13.0. The van der Waals surface area contributed by atoms with Gasteiger partial charge in [-0.3, -0.25) is 0 Å². The van der Waals surface area contributed by atoms with Crippen molar-refractivity contribution in [1.82, 2.24) is 14.8 Å². The fourth-order valence-electron chi connectivity index (χ4n) is 1.90. The summed E-state index contributed by atoms with van der Waals surface area (Å²) in [6.07, 6.45) is 2.84. The first-order valence-electron chi connectivity index (χ1n) is 6.14. The molecule has 0 amide bonds. The topological polar surface area (TPSA) is 42.7 Å². The summed E-state index contributed by atoms with van der Waals surface area (Å²) in [4.78, 5) is 0. The molecule has 0 aliphatic heterocycles. The van der Waals surface area contributed by atoms with Crippen molar-refractivity contribution in [2.75, 3.05) is 5.32 Å². The predicted octanol–water partition coefficient (Wildman–Crippen LogP) is 3.04. The number of nitrogens with zero attached hydrogens (tertiary/aromatic N) is 3. The number of rotatable bonds is 5. The van der Waals surface area contributed by atoms with E-state index in [0.717, 1.165) is 30.0 Å². The molecule has 0 spiro atoms. The fourth-order valence-corrected chi connectivity index (χ4v) is 2.04. The summed E-state index contributed by atoms with van der Waals surface area (Å²) >= 11 is 4.37. The molecule has 1 N–H and O–H groups in total. The van der Waals surface area contributed by atoms with Gasteiger partial charge < -0.3 is 9.88 Å². The van der Waals surface area contributed by atoms with Gasteiger partial charge >= 0.3 is 0 Å². The van der Waals surface area contributed by atoms with Gasteiger partial charge in [0.25, 0.3) is 0 Å². The Morgan fingerprint density at radius 1 is 1.39 bits per heavy atom. The van der Waals surface area contributed by atoms with Crippen LogP contribution in [0.25, 0.3) is 11.4 Å². The van der Waals surface area contributed by atoms with Crippen molar-refractivity contribution < 1.29 is 0 Å². The van der Waals surface area contributed by atoms with Crippen LogP contribution in [-0.2, 0) is 6.54 Å². The minimum atomic E-state index is 0.0914. The molecule has 1 atom stereocenters. The molecular formula is C13H18N4S. The van der Waals surface area contributed by atoms with E-state index in [4.69, 9.17) is 0 Å². The van der Waals surface area contributed by atoms with Gasteiger partial charge in [-0.25, -0.2) is 0 Å². The number of para-hydroxylation sites is 1. The van der Waals surface area contributed by atoms with Crippen LogP contribution in [0.2, 0.25) is 0 Å². The highest BCUT2D eigenvalue weighted by Crippen LogP contribution is 2.27. The van der Waals surface area contributed by atoms with Crippen molar-refractivity contribution in [1.29, 1.82) is 0 Å². The first-order chi connectivity index (χ1) is 8.72. The molecule has 1 unspecified atom stereocenters. The SMILES string of the molecule is CCCn1cnnc1-c1ccccc1NC(C)S. The number of hydrogen-bond donors (Lipinski definition) is 2. The predicted molar refractivity (Wildman–Crippen MR) is 77.8 cm³/mol. The molecule has 0 saturated carbocycles. The third-order valence-electron chi connectivity index (χ3n) is 2.61. The zero-order valence-electron chi connectivity index (χ0n) is 10.7. The molecule has 1 heterocycles. The molecular weight excluding hydrogens is 244 g/mol. The zero-order chi connectivity index (χ0) is 13.0. The average Bonchev–Trinajstić information content (AvgIpc) is 2.78. The lowest BCUT2D eigenvalue weighted by atomic mass is 10.1. The van der Waals surface area contributed by atoms with Gasteiger partial charge in [-0.05, 0) is 25.5 Å². The van der Waals surface area contributed by atoms with E-state index >= 15 is 0 Å². The number of anilines is 1. The van der Waals surface area contributed by atoms with Gasteiger partial charge in [0.05, 0.1) is 5.37 Å². The summed E-state index contributed by atoms with van der Waals surface area (Å²) in [7, 11) is 0. The van der Waals surface area contributed by atoms with E-state index in [1.165, 1.54) is 0 Å². The van der Waals surface area contributed by atoms with Crippen molar-refractivity contribution in [3.05, 3.63) is 30.6 Å². The van der Waals surface area contributed by atoms with E-state index in [-0.39, 0.29) is 5.37 Å². The lowest BCUT2D eigenvalue weighted by Gasteiger charge is -2.14. The Bertz CT molecular complexity index is 507. The molecule has 4 nitrogen and oxygen atoms in total. The Morgan fingerprint density at radius 2 is 2.17 bits per heavy atom. The van der Waals surface area contributed by atoms with Crippen molar-refractivity contribution >= 4 is 18.3 Å². The van der Waals surface area contributed by atoms with Gasteiger partial charge in [0.2, 0.25) is 0 Å². The van der Waals surface area contributed by atoms with Gasteiger partial charge in [-0.2, -0.15) is 12.6 Å². The van der Waals surface area contributed by atoms with Crippen molar-refractivity contribution in [2.45, 2.75) is 32.2 Å². The lowest BCUT2D eigenvalue weighted by Crippen LogP contribution is -2.09. The van der Waals surface area contributed by atoms with Crippen LogP contribution in [0.3, 0.4) is 0 Å². The largest absolute Gasteiger partial charge is 0.373 e. The maximum atomic E-state index is 4.37. The van der Waals surface area contributed by atoms with Crippen molar-refractivity contribution in [3.63, 3.8) is 0 Å². The van der Waals surface area contributed by atoms with Crippen LogP contribution >= 0.6 is 12.6 Å². The molecule has 0 saturated heterocycles. The van der Waals surface area contributed by atoms with Gasteiger partial charge in [-0.15, -0.1) is 10.2 Å². The second-order valence-corrected chi connectivity index (χ2v) is 4.99. The van der Waals surface area contributed by atoms with Crippen LogP contribution in [0.4, 0.5) is 5.69 Å². The van der Waals surface area contributed by atoms with Crippen LogP contribution < -0.4 is 5.32 Å². The Kier molecular flexibility index (Phi) is 4.25. The second kappa shape index (κ2) is 5.91. The number of aryl methyl sites for hydroxylation is 1. The lowest BCUT2D eigenvalue weighted by molar-refractivity contribution is 0.683. The zero-order valence-corrected chi connectivity index (χ0v) is 11.6. The number of benzene rings is 1. The quantitative estimate of drug-likeness (QED) is 0.643. The van der Waals surface area contributed by atoms with Crippen LogP contribution in [0.5, 0.6) is 0 Å². The summed E-state index contributed by atoms with van der Waals surface area (Å²) in [5.41, 5.74) is 2.09. The second-order valence-electron chi connectivity index (χ2n) is 4.21. The van der Waals surface area contributed by atoms with Gasteiger partial charge in [0.1, 0.15) is 6.33 Å². The minimum Gasteiger partial charge on any atom is -0.373 e. The molecule has 0 aliphatic rings. The van der Waals surface area contributed by atoms with Gasteiger partial charge in [0, 0.05) is 17.8 Å². The molecule has 5 heteroatoms. The number of hydrogen-bond acceptors (Lipinski definition) is 4. The van der Waals surface area contributed by atoms with E-state index < -0.39 is 0 Å². The molecule has 18 heavy (non-hydrogen) atoms. The highest BCUT2D eigenvalue weighted by atomic mass is 32.1. The summed E-state index contributed by atoms with van der Waals surface area (Å²) in [5, 5.41) is 11.6. The van der Waals surface area contributed by atoms with Crippen LogP contribution in [0.1, 0.15) is 20.3 Å². The molecule has 0 aliphatic carbocycles. The van der Waals surface area contributed by atoms with E-state index in [1.807, 2.05) is 25.1 Å². The molecule has 0 fully saturated rings. The normalized spacial score (nSPS) is 12.4. The maximum absolute atomic E-state index is 4.37. The summed E-state index contributed by atoms with van der Waals surface area (Å²) in [6.45, 7) is 5.06. The maximum Gasteiger partial charge on any atom is 0.165 e.